The van der Waals surface area contributed by atoms with Gasteiger partial charge in [0.05, 0.1) is 11.4 Å². The molecule has 0 amide bonds. The van der Waals surface area contributed by atoms with Crippen LogP contribution in [0, 0.1) is 13.8 Å². The summed E-state index contributed by atoms with van der Waals surface area (Å²) in [6.45, 7) is 4.10. The second kappa shape index (κ2) is 6.05. The van der Waals surface area contributed by atoms with Gasteiger partial charge in [-0.25, -0.2) is 4.79 Å². The number of anilines is 1. The molecule has 5 heteroatoms. The first-order chi connectivity index (χ1) is 9.49. The second-order valence-electron chi connectivity index (χ2n) is 4.52. The van der Waals surface area contributed by atoms with Crippen LogP contribution in [0.3, 0.4) is 0 Å². The Bertz CT molecular complexity index is 656. The third-order valence-electron chi connectivity index (χ3n) is 2.97. The van der Waals surface area contributed by atoms with E-state index in [4.69, 9.17) is 0 Å². The molecule has 0 aliphatic carbocycles. The predicted octanol–water partition coefficient (Wildman–Crippen LogP) is 3.77. The van der Waals surface area contributed by atoms with Crippen molar-refractivity contribution in [2.75, 3.05) is 5.32 Å². The van der Waals surface area contributed by atoms with Gasteiger partial charge in [0.1, 0.15) is 5.56 Å². The Morgan fingerprint density at radius 1 is 1.35 bits per heavy atom. The Hall–Kier alpha value is -1.88. The van der Waals surface area contributed by atoms with E-state index in [2.05, 4.69) is 26.2 Å². The number of carboxylic acids is 1. The Morgan fingerprint density at radius 2 is 2.05 bits per heavy atom. The summed E-state index contributed by atoms with van der Waals surface area (Å²) in [5.41, 5.74) is 3.20. The van der Waals surface area contributed by atoms with Gasteiger partial charge >= 0.3 is 5.97 Å². The molecule has 2 N–H and O–H groups in total. The van der Waals surface area contributed by atoms with Crippen LogP contribution in [-0.2, 0) is 6.54 Å². The van der Waals surface area contributed by atoms with Gasteiger partial charge in [0, 0.05) is 16.7 Å². The van der Waals surface area contributed by atoms with E-state index >= 15 is 0 Å². The summed E-state index contributed by atoms with van der Waals surface area (Å²) in [4.78, 5) is 15.5. The van der Waals surface area contributed by atoms with E-state index in [9.17, 15) is 9.90 Å². The number of halogens is 1. The van der Waals surface area contributed by atoms with E-state index in [1.807, 2.05) is 31.2 Å². The number of aromatic nitrogens is 1. The molecule has 2 rings (SSSR count). The summed E-state index contributed by atoms with van der Waals surface area (Å²) >= 11 is 3.48. The van der Waals surface area contributed by atoms with E-state index < -0.39 is 5.97 Å². The van der Waals surface area contributed by atoms with Crippen molar-refractivity contribution in [3.63, 3.8) is 0 Å². The SMILES string of the molecule is Cc1cc(NCc2ccccc2Br)c(C(=O)O)c(C)n1. The number of nitrogens with one attached hydrogen (secondary N) is 1. The van der Waals surface area contributed by atoms with Gasteiger partial charge in [-0.05, 0) is 31.5 Å². The van der Waals surface area contributed by atoms with Crippen LogP contribution in [0.5, 0.6) is 0 Å². The summed E-state index contributed by atoms with van der Waals surface area (Å²) in [5, 5.41) is 12.5. The molecular formula is C15H15BrN2O2. The maximum atomic E-state index is 11.3. The van der Waals surface area contributed by atoms with Gasteiger partial charge in [-0.3, -0.25) is 4.98 Å². The number of carbonyl (C=O) groups is 1. The third kappa shape index (κ3) is 3.17. The molecule has 0 unspecified atom stereocenters. The maximum Gasteiger partial charge on any atom is 0.339 e. The number of aromatic carboxylic acids is 1. The number of carboxylic acid groups (broad SMARTS) is 1. The van der Waals surface area contributed by atoms with Crippen LogP contribution in [0.25, 0.3) is 0 Å². The molecule has 1 heterocycles. The fourth-order valence-electron chi connectivity index (χ4n) is 2.07. The molecule has 0 aliphatic rings. The molecule has 0 spiro atoms. The fraction of sp³-hybridized carbons (Fsp3) is 0.200. The van der Waals surface area contributed by atoms with E-state index in [-0.39, 0.29) is 5.56 Å². The summed E-state index contributed by atoms with van der Waals surface area (Å²) < 4.78 is 0.992. The lowest BCUT2D eigenvalue weighted by molar-refractivity contribution is 0.0696. The summed E-state index contributed by atoms with van der Waals surface area (Å²) in [5.74, 6) is -0.968. The number of rotatable bonds is 4. The van der Waals surface area contributed by atoms with Crippen LogP contribution in [-0.4, -0.2) is 16.1 Å². The van der Waals surface area contributed by atoms with Gasteiger partial charge in [0.25, 0.3) is 0 Å². The molecule has 4 nitrogen and oxygen atoms in total. The minimum atomic E-state index is -0.968. The fourth-order valence-corrected chi connectivity index (χ4v) is 2.50. The summed E-state index contributed by atoms with van der Waals surface area (Å²) in [6, 6.07) is 9.59. The van der Waals surface area contributed by atoms with Crippen LogP contribution >= 0.6 is 15.9 Å². The molecule has 0 aliphatic heterocycles. The van der Waals surface area contributed by atoms with E-state index in [1.54, 1.807) is 13.0 Å². The summed E-state index contributed by atoms with van der Waals surface area (Å²) in [7, 11) is 0. The first-order valence-corrected chi connectivity index (χ1v) is 6.97. The van der Waals surface area contributed by atoms with Crippen LogP contribution < -0.4 is 5.32 Å². The van der Waals surface area contributed by atoms with Crippen molar-refractivity contribution in [2.24, 2.45) is 0 Å². The lowest BCUT2D eigenvalue weighted by atomic mass is 10.1. The smallest absolute Gasteiger partial charge is 0.339 e. The molecule has 1 aromatic heterocycles. The van der Waals surface area contributed by atoms with Crippen LogP contribution in [0.4, 0.5) is 5.69 Å². The highest BCUT2D eigenvalue weighted by Gasteiger charge is 2.15. The number of pyridine rings is 1. The Kier molecular flexibility index (Phi) is 4.39. The normalized spacial score (nSPS) is 10.3. The molecule has 104 valence electrons. The van der Waals surface area contributed by atoms with Gasteiger partial charge in [0.15, 0.2) is 0 Å². The second-order valence-corrected chi connectivity index (χ2v) is 5.38. The van der Waals surface area contributed by atoms with Crippen molar-refractivity contribution in [1.29, 1.82) is 0 Å². The number of benzene rings is 1. The van der Waals surface area contributed by atoms with Gasteiger partial charge < -0.3 is 10.4 Å². The average molecular weight is 335 g/mol. The largest absolute Gasteiger partial charge is 0.478 e. The van der Waals surface area contributed by atoms with Gasteiger partial charge in [0.2, 0.25) is 0 Å². The zero-order valence-corrected chi connectivity index (χ0v) is 12.9. The monoisotopic (exact) mass is 334 g/mol. The van der Waals surface area contributed by atoms with Crippen molar-refractivity contribution in [1.82, 2.24) is 4.98 Å². The minimum Gasteiger partial charge on any atom is -0.478 e. The Labute approximate surface area is 126 Å². The van der Waals surface area contributed by atoms with E-state index in [0.29, 0.717) is 17.9 Å². The molecule has 0 saturated heterocycles. The standard InChI is InChI=1S/C15H15BrN2O2/c1-9-7-13(14(15(19)20)10(2)18-9)17-8-11-5-3-4-6-12(11)16/h3-7H,8H2,1-2H3,(H,17,18)(H,19,20). The Balaban J connectivity index is 2.30. The van der Waals surface area contributed by atoms with Gasteiger partial charge in [-0.2, -0.15) is 0 Å². The highest BCUT2D eigenvalue weighted by atomic mass is 79.9. The highest BCUT2D eigenvalue weighted by Crippen LogP contribution is 2.22. The summed E-state index contributed by atoms with van der Waals surface area (Å²) in [6.07, 6.45) is 0. The Morgan fingerprint density at radius 3 is 2.70 bits per heavy atom. The predicted molar refractivity (Wildman–Crippen MR) is 82.1 cm³/mol. The van der Waals surface area contributed by atoms with Crippen LogP contribution in [0.1, 0.15) is 27.3 Å². The van der Waals surface area contributed by atoms with Crippen molar-refractivity contribution in [2.45, 2.75) is 20.4 Å². The maximum absolute atomic E-state index is 11.3. The van der Waals surface area contributed by atoms with Crippen molar-refractivity contribution < 1.29 is 9.90 Å². The van der Waals surface area contributed by atoms with Crippen molar-refractivity contribution >= 4 is 27.6 Å². The average Bonchev–Trinajstić information content (AvgIpc) is 2.36. The quantitative estimate of drug-likeness (QED) is 0.893. The zero-order chi connectivity index (χ0) is 14.7. The minimum absolute atomic E-state index is 0.225. The number of aryl methyl sites for hydroxylation is 2. The van der Waals surface area contributed by atoms with Crippen LogP contribution in [0.15, 0.2) is 34.8 Å². The molecule has 1 aromatic carbocycles. The topological polar surface area (TPSA) is 62.2 Å². The van der Waals surface area contributed by atoms with Crippen LogP contribution in [0.2, 0.25) is 0 Å². The molecular weight excluding hydrogens is 320 g/mol. The van der Waals surface area contributed by atoms with Crippen molar-refractivity contribution in [3.05, 3.63) is 57.3 Å². The lowest BCUT2D eigenvalue weighted by Crippen LogP contribution is -2.10. The molecule has 0 fully saturated rings. The molecule has 20 heavy (non-hydrogen) atoms. The van der Waals surface area contributed by atoms with Gasteiger partial charge in [-0.1, -0.05) is 34.1 Å². The van der Waals surface area contributed by atoms with E-state index in [0.717, 1.165) is 15.7 Å². The first kappa shape index (κ1) is 14.5. The zero-order valence-electron chi connectivity index (χ0n) is 11.3. The highest BCUT2D eigenvalue weighted by molar-refractivity contribution is 9.10. The molecule has 0 saturated carbocycles. The van der Waals surface area contributed by atoms with Gasteiger partial charge in [-0.15, -0.1) is 0 Å². The number of nitrogens with zero attached hydrogens (tertiary/aromatic N) is 1. The van der Waals surface area contributed by atoms with Crippen molar-refractivity contribution in [3.8, 4) is 0 Å². The molecule has 2 aromatic rings. The van der Waals surface area contributed by atoms with E-state index in [1.165, 1.54) is 0 Å². The first-order valence-electron chi connectivity index (χ1n) is 6.18. The lowest BCUT2D eigenvalue weighted by Gasteiger charge is -2.13. The number of hydrogen-bond donors (Lipinski definition) is 2. The molecule has 0 radical (unpaired) electrons. The number of hydrogen-bond acceptors (Lipinski definition) is 3. The third-order valence-corrected chi connectivity index (χ3v) is 3.74. The molecule has 0 atom stereocenters. The molecule has 0 bridgehead atoms.